The molecule has 2 amide bonds. The third-order valence-electron chi connectivity index (χ3n) is 5.69. The molecule has 33 heavy (non-hydrogen) atoms. The van der Waals surface area contributed by atoms with E-state index in [1.54, 1.807) is 28.0 Å². The lowest BCUT2D eigenvalue weighted by molar-refractivity contribution is 0.0560. The van der Waals surface area contributed by atoms with Gasteiger partial charge in [-0.05, 0) is 30.2 Å². The summed E-state index contributed by atoms with van der Waals surface area (Å²) in [5, 5.41) is 10.6. The van der Waals surface area contributed by atoms with Crippen LogP contribution in [0.5, 0.6) is 0 Å². The van der Waals surface area contributed by atoms with Crippen molar-refractivity contribution in [1.29, 1.82) is 0 Å². The van der Waals surface area contributed by atoms with Crippen LogP contribution in [0.25, 0.3) is 22.2 Å². The summed E-state index contributed by atoms with van der Waals surface area (Å²) in [5.74, 6) is -0.103. The number of rotatable bonds is 5. The van der Waals surface area contributed by atoms with Crippen LogP contribution in [0.15, 0.2) is 48.5 Å². The van der Waals surface area contributed by atoms with E-state index >= 15 is 0 Å². The number of ether oxygens (including phenoxy) is 1. The fourth-order valence-electron chi connectivity index (χ4n) is 3.80. The maximum atomic E-state index is 13.1. The minimum absolute atomic E-state index is 0.0220. The Morgan fingerprint density at radius 2 is 1.73 bits per heavy atom. The van der Waals surface area contributed by atoms with Crippen LogP contribution in [0.1, 0.15) is 29.3 Å². The van der Waals surface area contributed by atoms with Crippen LogP contribution in [-0.2, 0) is 11.3 Å². The number of aliphatic hydroxyl groups excluding tert-OH is 1. The van der Waals surface area contributed by atoms with E-state index in [1.165, 1.54) is 0 Å². The minimum Gasteiger partial charge on any atom is -0.449 e. The topological polar surface area (TPSA) is 83.0 Å². The SMILES string of the molecule is CCCOC(=O)N1CCN(C(=O)c2ccc3c(Cl)cc(-c4ccc(CO)cc4)nc3c2)CC1. The van der Waals surface area contributed by atoms with Crippen LogP contribution in [0, 0.1) is 0 Å². The average Bonchev–Trinajstić information content (AvgIpc) is 2.86. The molecular formula is C25H26ClN3O4. The third kappa shape index (κ3) is 5.10. The number of benzene rings is 2. The van der Waals surface area contributed by atoms with Gasteiger partial charge in [0.2, 0.25) is 0 Å². The molecule has 0 atom stereocenters. The molecule has 2 heterocycles. The molecule has 0 spiro atoms. The van der Waals surface area contributed by atoms with Crippen LogP contribution in [0.2, 0.25) is 5.02 Å². The first-order valence-electron chi connectivity index (χ1n) is 11.0. The van der Waals surface area contributed by atoms with Gasteiger partial charge in [-0.15, -0.1) is 0 Å². The second-order valence-electron chi connectivity index (χ2n) is 7.97. The molecule has 1 fully saturated rings. The zero-order chi connectivity index (χ0) is 23.4. The van der Waals surface area contributed by atoms with E-state index in [4.69, 9.17) is 21.3 Å². The van der Waals surface area contributed by atoms with Gasteiger partial charge in [-0.1, -0.05) is 48.9 Å². The van der Waals surface area contributed by atoms with Gasteiger partial charge in [-0.25, -0.2) is 9.78 Å². The second-order valence-corrected chi connectivity index (χ2v) is 8.38. The molecule has 0 radical (unpaired) electrons. The first-order valence-corrected chi connectivity index (χ1v) is 11.4. The van der Waals surface area contributed by atoms with Gasteiger partial charge in [-0.3, -0.25) is 4.79 Å². The number of fused-ring (bicyclic) bond motifs is 1. The van der Waals surface area contributed by atoms with E-state index in [9.17, 15) is 14.7 Å². The highest BCUT2D eigenvalue weighted by Gasteiger charge is 2.26. The van der Waals surface area contributed by atoms with Gasteiger partial charge in [0, 0.05) is 42.7 Å². The molecule has 172 valence electrons. The Hall–Kier alpha value is -3.16. The van der Waals surface area contributed by atoms with Crippen LogP contribution >= 0.6 is 11.6 Å². The molecule has 3 aromatic rings. The fourth-order valence-corrected chi connectivity index (χ4v) is 4.07. The number of nitrogens with zero attached hydrogens (tertiary/aromatic N) is 3. The van der Waals surface area contributed by atoms with E-state index in [1.807, 2.05) is 37.3 Å². The van der Waals surface area contributed by atoms with Crippen molar-refractivity contribution in [2.75, 3.05) is 32.8 Å². The van der Waals surface area contributed by atoms with Crippen LogP contribution in [-0.4, -0.2) is 64.7 Å². The summed E-state index contributed by atoms with van der Waals surface area (Å²) >= 11 is 6.51. The van der Waals surface area contributed by atoms with Gasteiger partial charge in [0.05, 0.1) is 29.4 Å². The van der Waals surface area contributed by atoms with Crippen molar-refractivity contribution in [2.24, 2.45) is 0 Å². The van der Waals surface area contributed by atoms with Gasteiger partial charge < -0.3 is 19.6 Å². The predicted octanol–water partition coefficient (Wildman–Crippen LogP) is 4.35. The number of carbonyl (C=O) groups excluding carboxylic acids is 2. The molecule has 0 aliphatic carbocycles. The van der Waals surface area contributed by atoms with E-state index in [2.05, 4.69) is 0 Å². The highest BCUT2D eigenvalue weighted by molar-refractivity contribution is 6.35. The molecule has 1 N–H and O–H groups in total. The highest BCUT2D eigenvalue weighted by Crippen LogP contribution is 2.29. The molecule has 8 heteroatoms. The van der Waals surface area contributed by atoms with Crippen LogP contribution in [0.4, 0.5) is 4.79 Å². The number of hydrogen-bond acceptors (Lipinski definition) is 5. The van der Waals surface area contributed by atoms with Crippen molar-refractivity contribution in [3.05, 3.63) is 64.7 Å². The van der Waals surface area contributed by atoms with Gasteiger partial charge in [0.25, 0.3) is 5.91 Å². The zero-order valence-electron chi connectivity index (χ0n) is 18.5. The number of pyridine rings is 1. The largest absolute Gasteiger partial charge is 0.449 e. The lowest BCUT2D eigenvalue weighted by Crippen LogP contribution is -2.50. The normalized spacial score (nSPS) is 13.9. The summed E-state index contributed by atoms with van der Waals surface area (Å²) in [4.78, 5) is 33.2. The maximum absolute atomic E-state index is 13.1. The first kappa shape index (κ1) is 23.0. The predicted molar refractivity (Wildman–Crippen MR) is 127 cm³/mol. The number of amides is 2. The van der Waals surface area contributed by atoms with E-state index in [0.29, 0.717) is 54.6 Å². The molecular weight excluding hydrogens is 442 g/mol. The number of piperazine rings is 1. The Morgan fingerprint density at radius 1 is 1.03 bits per heavy atom. The standard InChI is InChI=1S/C25H26ClN3O4/c1-2-13-33-25(32)29-11-9-28(10-12-29)24(31)19-7-8-20-21(26)15-22(27-23(20)14-19)18-5-3-17(16-30)4-6-18/h3-8,14-15,30H,2,9-13,16H2,1H3. The molecule has 0 saturated carbocycles. The number of carbonyl (C=O) groups is 2. The summed E-state index contributed by atoms with van der Waals surface area (Å²) < 4.78 is 5.18. The highest BCUT2D eigenvalue weighted by atomic mass is 35.5. The fraction of sp³-hybridized carbons (Fsp3) is 0.320. The monoisotopic (exact) mass is 467 g/mol. The lowest BCUT2D eigenvalue weighted by Gasteiger charge is -2.34. The van der Waals surface area contributed by atoms with Crippen molar-refractivity contribution in [1.82, 2.24) is 14.8 Å². The van der Waals surface area contributed by atoms with Crippen LogP contribution in [0.3, 0.4) is 0 Å². The Morgan fingerprint density at radius 3 is 2.39 bits per heavy atom. The lowest BCUT2D eigenvalue weighted by atomic mass is 10.1. The Balaban J connectivity index is 1.52. The summed E-state index contributed by atoms with van der Waals surface area (Å²) in [5.41, 5.74) is 3.55. The van der Waals surface area contributed by atoms with Gasteiger partial charge in [-0.2, -0.15) is 0 Å². The minimum atomic E-state index is -0.326. The zero-order valence-corrected chi connectivity index (χ0v) is 19.2. The Bertz CT molecular complexity index is 1160. The van der Waals surface area contributed by atoms with E-state index < -0.39 is 0 Å². The van der Waals surface area contributed by atoms with Gasteiger partial charge >= 0.3 is 6.09 Å². The smallest absolute Gasteiger partial charge is 0.409 e. The van der Waals surface area contributed by atoms with Crippen molar-refractivity contribution in [3.63, 3.8) is 0 Å². The Labute approximate surface area is 197 Å². The van der Waals surface area contributed by atoms with Crippen molar-refractivity contribution in [2.45, 2.75) is 20.0 Å². The third-order valence-corrected chi connectivity index (χ3v) is 6.01. The van der Waals surface area contributed by atoms with E-state index in [-0.39, 0.29) is 18.6 Å². The Kier molecular flexibility index (Phi) is 7.11. The molecule has 2 aromatic carbocycles. The number of aromatic nitrogens is 1. The van der Waals surface area contributed by atoms with Crippen molar-refractivity contribution >= 4 is 34.5 Å². The molecule has 1 aromatic heterocycles. The number of halogens is 1. The molecule has 7 nitrogen and oxygen atoms in total. The molecule has 1 saturated heterocycles. The van der Waals surface area contributed by atoms with Crippen molar-refractivity contribution < 1.29 is 19.4 Å². The average molecular weight is 468 g/mol. The number of aliphatic hydroxyl groups is 1. The summed E-state index contributed by atoms with van der Waals surface area (Å²) in [6.07, 6.45) is 0.452. The first-order chi connectivity index (χ1) is 16.0. The quantitative estimate of drug-likeness (QED) is 0.603. The molecule has 4 rings (SSSR count). The molecule has 0 bridgehead atoms. The van der Waals surface area contributed by atoms with E-state index in [0.717, 1.165) is 22.9 Å². The summed E-state index contributed by atoms with van der Waals surface area (Å²) in [6, 6.07) is 14.6. The molecule has 0 unspecified atom stereocenters. The maximum Gasteiger partial charge on any atom is 0.409 e. The van der Waals surface area contributed by atoms with Crippen LogP contribution < -0.4 is 0 Å². The molecule has 1 aliphatic rings. The number of hydrogen-bond donors (Lipinski definition) is 1. The van der Waals surface area contributed by atoms with Gasteiger partial charge in [0.1, 0.15) is 0 Å². The summed E-state index contributed by atoms with van der Waals surface area (Å²) in [7, 11) is 0. The van der Waals surface area contributed by atoms with Gasteiger partial charge in [0.15, 0.2) is 0 Å². The summed E-state index contributed by atoms with van der Waals surface area (Å²) in [6.45, 7) is 4.11. The molecule has 1 aliphatic heterocycles. The van der Waals surface area contributed by atoms with Crippen molar-refractivity contribution in [3.8, 4) is 11.3 Å². The second kappa shape index (κ2) is 10.2.